The predicted octanol–water partition coefficient (Wildman–Crippen LogP) is 4.40. The first-order valence-electron chi connectivity index (χ1n) is 4.91. The highest BCUT2D eigenvalue weighted by molar-refractivity contribution is 9.10. The summed E-state index contributed by atoms with van der Waals surface area (Å²) >= 11 is 3.32. The van der Waals surface area contributed by atoms with Crippen molar-refractivity contribution in [1.82, 2.24) is 0 Å². The van der Waals surface area contributed by atoms with Crippen molar-refractivity contribution >= 4 is 15.9 Å². The fourth-order valence-corrected chi connectivity index (χ4v) is 2.10. The SMILES string of the molecule is COc1ccc(-c2ccc(F)cc2F)cc1Br. The zero-order chi connectivity index (χ0) is 12.4. The Kier molecular flexibility index (Phi) is 3.43. The Balaban J connectivity index is 2.50. The van der Waals surface area contributed by atoms with Crippen LogP contribution in [0, 0.1) is 11.6 Å². The van der Waals surface area contributed by atoms with E-state index in [2.05, 4.69) is 15.9 Å². The molecule has 0 saturated carbocycles. The van der Waals surface area contributed by atoms with Gasteiger partial charge in [0.15, 0.2) is 0 Å². The molecule has 2 aromatic rings. The minimum Gasteiger partial charge on any atom is -0.496 e. The maximum atomic E-state index is 13.6. The molecule has 0 heterocycles. The van der Waals surface area contributed by atoms with E-state index in [-0.39, 0.29) is 0 Å². The van der Waals surface area contributed by atoms with E-state index in [0.29, 0.717) is 16.9 Å². The summed E-state index contributed by atoms with van der Waals surface area (Å²) in [6.45, 7) is 0. The highest BCUT2D eigenvalue weighted by Crippen LogP contribution is 2.31. The summed E-state index contributed by atoms with van der Waals surface area (Å²) in [7, 11) is 1.55. The standard InChI is InChI=1S/C13H9BrF2O/c1-17-13-5-2-8(6-11(13)14)10-4-3-9(15)7-12(10)16/h2-7H,1H3. The number of benzene rings is 2. The lowest BCUT2D eigenvalue weighted by Gasteiger charge is -2.07. The number of hydrogen-bond donors (Lipinski definition) is 0. The molecule has 2 rings (SSSR count). The average Bonchev–Trinajstić information content (AvgIpc) is 2.29. The second kappa shape index (κ2) is 4.84. The van der Waals surface area contributed by atoms with E-state index in [1.54, 1.807) is 25.3 Å². The highest BCUT2D eigenvalue weighted by atomic mass is 79.9. The molecule has 1 nitrogen and oxygen atoms in total. The fraction of sp³-hybridized carbons (Fsp3) is 0.0769. The molecule has 0 atom stereocenters. The average molecular weight is 299 g/mol. The molecule has 0 bridgehead atoms. The van der Waals surface area contributed by atoms with Crippen LogP contribution in [0.3, 0.4) is 0 Å². The zero-order valence-corrected chi connectivity index (χ0v) is 10.6. The quantitative estimate of drug-likeness (QED) is 0.798. The van der Waals surface area contributed by atoms with Crippen LogP contribution >= 0.6 is 15.9 Å². The summed E-state index contributed by atoms with van der Waals surface area (Å²) in [4.78, 5) is 0. The van der Waals surface area contributed by atoms with Gasteiger partial charge in [-0.2, -0.15) is 0 Å². The van der Waals surface area contributed by atoms with Crippen molar-refractivity contribution in [3.8, 4) is 16.9 Å². The molecule has 0 N–H and O–H groups in total. The summed E-state index contributed by atoms with van der Waals surface area (Å²) in [5.41, 5.74) is 1.02. The van der Waals surface area contributed by atoms with Crippen LogP contribution in [0.5, 0.6) is 5.75 Å². The van der Waals surface area contributed by atoms with E-state index in [4.69, 9.17) is 4.74 Å². The molecule has 2 aromatic carbocycles. The van der Waals surface area contributed by atoms with E-state index in [1.165, 1.54) is 12.1 Å². The number of rotatable bonds is 2. The zero-order valence-electron chi connectivity index (χ0n) is 9.01. The monoisotopic (exact) mass is 298 g/mol. The Morgan fingerprint density at radius 1 is 1.06 bits per heavy atom. The minimum atomic E-state index is -0.584. The molecule has 0 fully saturated rings. The summed E-state index contributed by atoms with van der Waals surface area (Å²) < 4.78 is 32.2. The smallest absolute Gasteiger partial charge is 0.133 e. The molecule has 0 saturated heterocycles. The van der Waals surface area contributed by atoms with Gasteiger partial charge in [-0.3, -0.25) is 0 Å². The van der Waals surface area contributed by atoms with Gasteiger partial charge in [0, 0.05) is 11.6 Å². The van der Waals surface area contributed by atoms with E-state index < -0.39 is 11.6 Å². The van der Waals surface area contributed by atoms with Crippen molar-refractivity contribution < 1.29 is 13.5 Å². The van der Waals surface area contributed by atoms with Gasteiger partial charge in [-0.05, 0) is 45.8 Å². The maximum Gasteiger partial charge on any atom is 0.133 e. The fourth-order valence-electron chi connectivity index (χ4n) is 1.56. The molecule has 0 radical (unpaired) electrons. The summed E-state index contributed by atoms with van der Waals surface area (Å²) in [6, 6.07) is 8.69. The highest BCUT2D eigenvalue weighted by Gasteiger charge is 2.08. The number of hydrogen-bond acceptors (Lipinski definition) is 1. The Bertz CT molecular complexity index is 555. The summed E-state index contributed by atoms with van der Waals surface area (Å²) in [5, 5.41) is 0. The maximum absolute atomic E-state index is 13.6. The first-order chi connectivity index (χ1) is 8.11. The van der Waals surface area contributed by atoms with E-state index in [9.17, 15) is 8.78 Å². The van der Waals surface area contributed by atoms with Crippen LogP contribution in [-0.2, 0) is 0 Å². The molecular weight excluding hydrogens is 290 g/mol. The van der Waals surface area contributed by atoms with Crippen molar-refractivity contribution in [1.29, 1.82) is 0 Å². The van der Waals surface area contributed by atoms with E-state index in [1.807, 2.05) is 0 Å². The van der Waals surface area contributed by atoms with Gasteiger partial charge in [0.05, 0.1) is 11.6 Å². The van der Waals surface area contributed by atoms with Gasteiger partial charge in [0.1, 0.15) is 17.4 Å². The van der Waals surface area contributed by atoms with Gasteiger partial charge in [0.25, 0.3) is 0 Å². The Labute approximate surface area is 106 Å². The molecule has 0 spiro atoms. The lowest BCUT2D eigenvalue weighted by molar-refractivity contribution is 0.412. The molecule has 17 heavy (non-hydrogen) atoms. The van der Waals surface area contributed by atoms with Crippen LogP contribution < -0.4 is 4.74 Å². The van der Waals surface area contributed by atoms with Crippen LogP contribution in [0.1, 0.15) is 0 Å². The Morgan fingerprint density at radius 2 is 1.82 bits per heavy atom. The molecule has 0 aliphatic rings. The molecule has 0 unspecified atom stereocenters. The molecule has 0 aromatic heterocycles. The van der Waals surface area contributed by atoms with Gasteiger partial charge in [-0.1, -0.05) is 6.07 Å². The van der Waals surface area contributed by atoms with Crippen molar-refractivity contribution in [2.24, 2.45) is 0 Å². The molecule has 0 aliphatic heterocycles. The first-order valence-corrected chi connectivity index (χ1v) is 5.70. The van der Waals surface area contributed by atoms with Crippen molar-refractivity contribution in [3.05, 3.63) is 52.5 Å². The number of methoxy groups -OCH3 is 1. The van der Waals surface area contributed by atoms with Gasteiger partial charge >= 0.3 is 0 Å². The van der Waals surface area contributed by atoms with E-state index in [0.717, 1.165) is 10.5 Å². The first kappa shape index (κ1) is 12.0. The second-order valence-electron chi connectivity index (χ2n) is 3.47. The third kappa shape index (κ3) is 2.47. The molecule has 0 amide bonds. The minimum absolute atomic E-state index is 0.356. The number of ether oxygens (including phenoxy) is 1. The van der Waals surface area contributed by atoms with Crippen LogP contribution in [-0.4, -0.2) is 7.11 Å². The third-order valence-corrected chi connectivity index (χ3v) is 3.01. The van der Waals surface area contributed by atoms with Crippen LogP contribution in [0.2, 0.25) is 0 Å². The lowest BCUT2D eigenvalue weighted by atomic mass is 10.1. The van der Waals surface area contributed by atoms with Crippen molar-refractivity contribution in [3.63, 3.8) is 0 Å². The van der Waals surface area contributed by atoms with Gasteiger partial charge in [0.2, 0.25) is 0 Å². The molecule has 88 valence electrons. The van der Waals surface area contributed by atoms with Gasteiger partial charge in [-0.25, -0.2) is 8.78 Å². The molecule has 0 aliphatic carbocycles. The Morgan fingerprint density at radius 3 is 2.41 bits per heavy atom. The summed E-state index contributed by atoms with van der Waals surface area (Å²) in [6.07, 6.45) is 0. The number of halogens is 3. The van der Waals surface area contributed by atoms with Crippen LogP contribution in [0.15, 0.2) is 40.9 Å². The Hall–Kier alpha value is -1.42. The predicted molar refractivity (Wildman–Crippen MR) is 66.0 cm³/mol. The van der Waals surface area contributed by atoms with E-state index >= 15 is 0 Å². The van der Waals surface area contributed by atoms with Gasteiger partial charge < -0.3 is 4.74 Å². The topological polar surface area (TPSA) is 9.23 Å². The normalized spacial score (nSPS) is 10.4. The summed E-state index contributed by atoms with van der Waals surface area (Å²) in [5.74, 6) is -0.503. The molecule has 4 heteroatoms. The van der Waals surface area contributed by atoms with Crippen LogP contribution in [0.4, 0.5) is 8.78 Å². The van der Waals surface area contributed by atoms with Gasteiger partial charge in [-0.15, -0.1) is 0 Å². The third-order valence-electron chi connectivity index (χ3n) is 2.39. The van der Waals surface area contributed by atoms with Crippen LogP contribution in [0.25, 0.3) is 11.1 Å². The largest absolute Gasteiger partial charge is 0.496 e. The molecular formula is C13H9BrF2O. The van der Waals surface area contributed by atoms with Crippen molar-refractivity contribution in [2.45, 2.75) is 0 Å². The van der Waals surface area contributed by atoms with Crippen molar-refractivity contribution in [2.75, 3.05) is 7.11 Å². The second-order valence-corrected chi connectivity index (χ2v) is 4.33. The lowest BCUT2D eigenvalue weighted by Crippen LogP contribution is -1.88.